The first-order valence-electron chi connectivity index (χ1n) is 8.16. The van der Waals surface area contributed by atoms with Crippen molar-refractivity contribution >= 4 is 29.9 Å². The number of ether oxygens (including phenoxy) is 2. The number of hydrogen-bond donors (Lipinski definition) is 1. The van der Waals surface area contributed by atoms with E-state index >= 15 is 0 Å². The molecule has 1 aliphatic heterocycles. The van der Waals surface area contributed by atoms with Crippen molar-refractivity contribution in [1.29, 1.82) is 0 Å². The fourth-order valence-corrected chi connectivity index (χ4v) is 3.14. The monoisotopic (exact) mass is 400 g/mol. The van der Waals surface area contributed by atoms with Gasteiger partial charge in [-0.3, -0.25) is 9.69 Å². The zero-order valence-electron chi connectivity index (χ0n) is 14.4. The van der Waals surface area contributed by atoms with Crippen LogP contribution in [0.15, 0.2) is 41.0 Å². The van der Waals surface area contributed by atoms with Gasteiger partial charge < -0.3 is 19.2 Å². The van der Waals surface area contributed by atoms with Gasteiger partial charge in [-0.15, -0.1) is 12.4 Å². The Morgan fingerprint density at radius 2 is 2.12 bits per heavy atom. The van der Waals surface area contributed by atoms with Crippen LogP contribution in [0.3, 0.4) is 0 Å². The molecule has 3 rings (SSSR count). The lowest BCUT2D eigenvalue weighted by Gasteiger charge is -2.33. The SMILES string of the molecule is COc1ccc(C(=O)NCC(c2ccco2)N2CCOCC2)cc1Cl.Cl. The molecule has 1 aliphatic rings. The maximum atomic E-state index is 12.5. The molecule has 1 N–H and O–H groups in total. The summed E-state index contributed by atoms with van der Waals surface area (Å²) in [6.07, 6.45) is 1.65. The maximum absolute atomic E-state index is 12.5. The average molecular weight is 401 g/mol. The molecule has 0 bridgehead atoms. The van der Waals surface area contributed by atoms with E-state index in [1.165, 1.54) is 7.11 Å². The van der Waals surface area contributed by atoms with Crippen LogP contribution in [-0.2, 0) is 4.74 Å². The Kier molecular flexibility index (Phi) is 7.78. The molecule has 1 fully saturated rings. The number of benzene rings is 1. The van der Waals surface area contributed by atoms with Crippen LogP contribution < -0.4 is 10.1 Å². The highest BCUT2D eigenvalue weighted by Gasteiger charge is 2.25. The second-order valence-electron chi connectivity index (χ2n) is 5.74. The Bertz CT molecular complexity index is 703. The van der Waals surface area contributed by atoms with E-state index in [0.29, 0.717) is 36.1 Å². The summed E-state index contributed by atoms with van der Waals surface area (Å²) >= 11 is 6.10. The largest absolute Gasteiger partial charge is 0.495 e. The first-order valence-corrected chi connectivity index (χ1v) is 8.54. The van der Waals surface area contributed by atoms with Crippen LogP contribution in [0.5, 0.6) is 5.75 Å². The molecule has 0 radical (unpaired) electrons. The predicted molar refractivity (Wildman–Crippen MR) is 101 cm³/mol. The van der Waals surface area contributed by atoms with Crippen LogP contribution in [0.1, 0.15) is 22.2 Å². The van der Waals surface area contributed by atoms with Gasteiger partial charge in [0.05, 0.1) is 37.7 Å². The van der Waals surface area contributed by atoms with Gasteiger partial charge in [-0.25, -0.2) is 0 Å². The Morgan fingerprint density at radius 3 is 2.73 bits per heavy atom. The molecular weight excluding hydrogens is 379 g/mol. The molecule has 8 heteroatoms. The molecule has 142 valence electrons. The molecule has 26 heavy (non-hydrogen) atoms. The van der Waals surface area contributed by atoms with E-state index in [0.717, 1.165) is 18.8 Å². The number of morpholine rings is 1. The molecule has 1 aromatic carbocycles. The van der Waals surface area contributed by atoms with Crippen molar-refractivity contribution in [2.75, 3.05) is 40.0 Å². The second-order valence-corrected chi connectivity index (χ2v) is 6.15. The van der Waals surface area contributed by atoms with Crippen molar-refractivity contribution in [2.45, 2.75) is 6.04 Å². The second kappa shape index (κ2) is 9.83. The van der Waals surface area contributed by atoms with Crippen LogP contribution >= 0.6 is 24.0 Å². The Labute approximate surface area is 163 Å². The zero-order valence-corrected chi connectivity index (χ0v) is 16.0. The van der Waals surface area contributed by atoms with Gasteiger partial charge in [-0.1, -0.05) is 11.6 Å². The highest BCUT2D eigenvalue weighted by atomic mass is 35.5. The Balaban J connectivity index is 0.00000243. The molecule has 1 saturated heterocycles. The third-order valence-electron chi connectivity index (χ3n) is 4.23. The summed E-state index contributed by atoms with van der Waals surface area (Å²) in [5.74, 6) is 1.18. The van der Waals surface area contributed by atoms with Crippen LogP contribution in [0.25, 0.3) is 0 Å². The number of furan rings is 1. The number of nitrogens with one attached hydrogen (secondary N) is 1. The molecule has 1 atom stereocenters. The number of carbonyl (C=O) groups excluding carboxylic acids is 1. The zero-order chi connectivity index (χ0) is 17.6. The number of amides is 1. The van der Waals surface area contributed by atoms with Crippen LogP contribution in [0, 0.1) is 0 Å². The minimum absolute atomic E-state index is 0. The molecule has 0 spiro atoms. The average Bonchev–Trinajstić information content (AvgIpc) is 3.17. The van der Waals surface area contributed by atoms with Crippen LogP contribution in [0.4, 0.5) is 0 Å². The predicted octanol–water partition coefficient (Wildman–Crippen LogP) is 3.17. The van der Waals surface area contributed by atoms with Crippen molar-refractivity contribution < 1.29 is 18.7 Å². The highest BCUT2D eigenvalue weighted by molar-refractivity contribution is 6.32. The molecule has 1 amide bonds. The normalized spacial score (nSPS) is 15.8. The molecule has 0 saturated carbocycles. The van der Waals surface area contributed by atoms with Gasteiger partial charge in [0.1, 0.15) is 11.5 Å². The van der Waals surface area contributed by atoms with Crippen LogP contribution in [0.2, 0.25) is 5.02 Å². The van der Waals surface area contributed by atoms with Gasteiger partial charge in [0.2, 0.25) is 0 Å². The fourth-order valence-electron chi connectivity index (χ4n) is 2.88. The number of rotatable bonds is 6. The van der Waals surface area contributed by atoms with Crippen LogP contribution in [-0.4, -0.2) is 50.8 Å². The van der Waals surface area contributed by atoms with Gasteiger partial charge in [-0.05, 0) is 30.3 Å². The number of methoxy groups -OCH3 is 1. The summed E-state index contributed by atoms with van der Waals surface area (Å²) in [6, 6.07) is 8.73. The first-order chi connectivity index (χ1) is 12.2. The molecule has 6 nitrogen and oxygen atoms in total. The number of halogens is 2. The molecule has 1 aromatic heterocycles. The number of hydrogen-bond acceptors (Lipinski definition) is 5. The summed E-state index contributed by atoms with van der Waals surface area (Å²) in [7, 11) is 1.54. The van der Waals surface area contributed by atoms with Gasteiger partial charge in [0.25, 0.3) is 5.91 Å². The van der Waals surface area contributed by atoms with Gasteiger partial charge in [0.15, 0.2) is 0 Å². The van der Waals surface area contributed by atoms with E-state index in [2.05, 4.69) is 10.2 Å². The lowest BCUT2D eigenvalue weighted by Crippen LogP contribution is -2.43. The summed E-state index contributed by atoms with van der Waals surface area (Å²) in [5, 5.41) is 3.38. The van der Waals surface area contributed by atoms with Crippen molar-refractivity contribution in [2.24, 2.45) is 0 Å². The summed E-state index contributed by atoms with van der Waals surface area (Å²) in [6.45, 7) is 3.40. The minimum Gasteiger partial charge on any atom is -0.495 e. The first kappa shape index (κ1) is 20.6. The number of nitrogens with zero attached hydrogens (tertiary/aromatic N) is 1. The molecule has 2 aromatic rings. The maximum Gasteiger partial charge on any atom is 0.251 e. The van der Waals surface area contributed by atoms with E-state index in [9.17, 15) is 4.79 Å². The lowest BCUT2D eigenvalue weighted by molar-refractivity contribution is 0.0118. The smallest absolute Gasteiger partial charge is 0.251 e. The van der Waals surface area contributed by atoms with Gasteiger partial charge >= 0.3 is 0 Å². The third-order valence-corrected chi connectivity index (χ3v) is 4.52. The molecule has 1 unspecified atom stereocenters. The van der Waals surface area contributed by atoms with Crippen molar-refractivity contribution in [3.05, 3.63) is 52.9 Å². The quantitative estimate of drug-likeness (QED) is 0.806. The van der Waals surface area contributed by atoms with Gasteiger partial charge in [0, 0.05) is 25.2 Å². The Hall–Kier alpha value is -1.73. The van der Waals surface area contributed by atoms with Crippen molar-refractivity contribution in [1.82, 2.24) is 10.2 Å². The Morgan fingerprint density at radius 1 is 1.35 bits per heavy atom. The lowest BCUT2D eigenvalue weighted by atomic mass is 10.1. The highest BCUT2D eigenvalue weighted by Crippen LogP contribution is 2.25. The van der Waals surface area contributed by atoms with E-state index in [1.807, 2.05) is 12.1 Å². The van der Waals surface area contributed by atoms with E-state index in [1.54, 1.807) is 24.5 Å². The minimum atomic E-state index is -0.186. The summed E-state index contributed by atoms with van der Waals surface area (Å²) in [4.78, 5) is 14.7. The van der Waals surface area contributed by atoms with E-state index in [-0.39, 0.29) is 24.4 Å². The standard InChI is InChI=1S/C18H21ClN2O4.ClH/c1-23-16-5-4-13(11-14(16)19)18(22)20-12-15(17-3-2-8-25-17)21-6-9-24-10-7-21;/h2-5,8,11,15H,6-7,9-10,12H2,1H3,(H,20,22);1H. The van der Waals surface area contributed by atoms with Crippen molar-refractivity contribution in [3.63, 3.8) is 0 Å². The molecular formula is C18H22Cl2N2O4. The van der Waals surface area contributed by atoms with E-state index in [4.69, 9.17) is 25.5 Å². The summed E-state index contributed by atoms with van der Waals surface area (Å²) < 4.78 is 16.1. The van der Waals surface area contributed by atoms with E-state index < -0.39 is 0 Å². The third kappa shape index (κ3) is 4.92. The molecule has 0 aliphatic carbocycles. The topological polar surface area (TPSA) is 63.9 Å². The van der Waals surface area contributed by atoms with Crippen molar-refractivity contribution in [3.8, 4) is 5.75 Å². The molecule has 2 heterocycles. The fraction of sp³-hybridized carbons (Fsp3) is 0.389. The summed E-state index contributed by atoms with van der Waals surface area (Å²) in [5.41, 5.74) is 0.492. The van der Waals surface area contributed by atoms with Gasteiger partial charge in [-0.2, -0.15) is 0 Å². The number of carbonyl (C=O) groups is 1.